The third kappa shape index (κ3) is 8.89. The van der Waals surface area contributed by atoms with Crippen LogP contribution in [0.4, 0.5) is 0 Å². The van der Waals surface area contributed by atoms with E-state index in [9.17, 15) is 0 Å². The minimum Gasteiger partial charge on any atom is -0.387 e. The lowest BCUT2D eigenvalue weighted by atomic mass is 9.68. The molecule has 0 radical (unpaired) electrons. The average molecular weight is 420 g/mol. The molecule has 0 aromatic rings. The Hall–Kier alpha value is -0.570. The summed E-state index contributed by atoms with van der Waals surface area (Å²) in [4.78, 5) is 0. The summed E-state index contributed by atoms with van der Waals surface area (Å²) in [6.45, 7) is 4.71. The summed E-state index contributed by atoms with van der Waals surface area (Å²) in [7, 11) is 0. The summed E-state index contributed by atoms with van der Waals surface area (Å²) in [6.07, 6.45) is 28.0. The van der Waals surface area contributed by atoms with E-state index in [0.717, 1.165) is 19.3 Å². The first-order valence-electron chi connectivity index (χ1n) is 13.7. The molecule has 176 valence electrons. The summed E-state index contributed by atoms with van der Waals surface area (Å²) in [5.74, 6) is 0.491. The van der Waals surface area contributed by atoms with E-state index >= 15 is 0 Å². The van der Waals surface area contributed by atoms with Crippen molar-refractivity contribution in [3.05, 3.63) is 0 Å². The van der Waals surface area contributed by atoms with Gasteiger partial charge in [0.2, 0.25) is 0 Å². The molecule has 2 atom stereocenters. The second-order valence-electron chi connectivity index (χ2n) is 10.8. The van der Waals surface area contributed by atoms with Crippen LogP contribution in [-0.2, 0) is 0 Å². The summed E-state index contributed by atoms with van der Waals surface area (Å²) < 4.78 is 0. The van der Waals surface area contributed by atoms with Gasteiger partial charge in [0, 0.05) is 12.0 Å². The Kier molecular flexibility index (Phi) is 12.4. The lowest BCUT2D eigenvalue weighted by molar-refractivity contribution is 0.171. The zero-order valence-electron chi connectivity index (χ0n) is 20.3. The molecule has 30 heavy (non-hydrogen) atoms. The number of nitrogens with two attached hydrogens (primary N) is 1. The number of nitrogens with one attached hydrogen (secondary N) is 2. The van der Waals surface area contributed by atoms with Gasteiger partial charge in [-0.2, -0.15) is 0 Å². The Morgan fingerprint density at radius 2 is 1.20 bits per heavy atom. The first kappa shape index (κ1) is 25.7. The Morgan fingerprint density at radius 1 is 0.700 bits per heavy atom. The van der Waals surface area contributed by atoms with Crippen LogP contribution in [0.1, 0.15) is 142 Å². The molecular weight excluding hydrogens is 366 g/mol. The monoisotopic (exact) mass is 419 g/mol. The van der Waals surface area contributed by atoms with Gasteiger partial charge in [0.05, 0.1) is 5.84 Å². The van der Waals surface area contributed by atoms with Crippen molar-refractivity contribution in [2.75, 3.05) is 13.1 Å². The molecule has 2 unspecified atom stereocenters. The molecule has 0 saturated heterocycles. The van der Waals surface area contributed by atoms with Crippen LogP contribution in [0, 0.1) is 16.2 Å². The molecule has 2 bridgehead atoms. The van der Waals surface area contributed by atoms with Crippen molar-refractivity contribution >= 4 is 5.84 Å². The standard InChI is InChI=1S/C27H53N3/c1-2-3-4-5-6-9-15-23-30-24-26-17-11-7-8-13-20-27(25(28)29,22-16-19-26)21-14-10-12-18-26/h30H,2-24H2,1H3,(H3,28,29). The van der Waals surface area contributed by atoms with Gasteiger partial charge < -0.3 is 11.1 Å². The third-order valence-electron chi connectivity index (χ3n) is 8.37. The van der Waals surface area contributed by atoms with Gasteiger partial charge >= 0.3 is 0 Å². The van der Waals surface area contributed by atoms with Crippen LogP contribution in [0.25, 0.3) is 0 Å². The topological polar surface area (TPSA) is 61.9 Å². The van der Waals surface area contributed by atoms with Crippen LogP contribution in [-0.4, -0.2) is 18.9 Å². The Morgan fingerprint density at radius 3 is 1.83 bits per heavy atom. The highest BCUT2D eigenvalue weighted by Crippen LogP contribution is 2.44. The molecule has 0 heterocycles. The first-order valence-corrected chi connectivity index (χ1v) is 13.7. The molecule has 3 nitrogen and oxygen atoms in total. The SMILES string of the molecule is CCCCCCCCCNCC12CCCCCCC(C(=N)N)(CCCCC1)CCC2. The van der Waals surface area contributed by atoms with E-state index in [0.29, 0.717) is 11.3 Å². The van der Waals surface area contributed by atoms with Crippen molar-refractivity contribution in [3.8, 4) is 0 Å². The van der Waals surface area contributed by atoms with E-state index in [1.807, 2.05) is 0 Å². The molecule has 2 rings (SSSR count). The van der Waals surface area contributed by atoms with Crippen LogP contribution in [0.2, 0.25) is 0 Å². The van der Waals surface area contributed by atoms with Crippen molar-refractivity contribution in [1.82, 2.24) is 5.32 Å². The van der Waals surface area contributed by atoms with Crippen LogP contribution in [0.5, 0.6) is 0 Å². The summed E-state index contributed by atoms with van der Waals surface area (Å²) in [5, 5.41) is 12.3. The maximum absolute atomic E-state index is 8.38. The summed E-state index contributed by atoms with van der Waals surface area (Å²) in [6, 6.07) is 0. The predicted octanol–water partition coefficient (Wildman–Crippen LogP) is 7.72. The predicted molar refractivity (Wildman–Crippen MR) is 132 cm³/mol. The van der Waals surface area contributed by atoms with Gasteiger partial charge in [0.1, 0.15) is 0 Å². The molecule has 3 heteroatoms. The Balaban J connectivity index is 1.87. The molecule has 2 saturated carbocycles. The normalized spacial score (nSPS) is 28.8. The number of amidine groups is 1. The van der Waals surface area contributed by atoms with Crippen molar-refractivity contribution in [3.63, 3.8) is 0 Å². The number of rotatable bonds is 11. The molecule has 0 aromatic heterocycles. The molecule has 0 amide bonds. The van der Waals surface area contributed by atoms with Gasteiger partial charge in [-0.25, -0.2) is 0 Å². The van der Waals surface area contributed by atoms with Crippen molar-refractivity contribution < 1.29 is 0 Å². The maximum atomic E-state index is 8.38. The van der Waals surface area contributed by atoms with Crippen LogP contribution >= 0.6 is 0 Å². The lowest BCUT2D eigenvalue weighted by Gasteiger charge is -2.39. The average Bonchev–Trinajstić information content (AvgIpc) is 2.76. The van der Waals surface area contributed by atoms with Crippen molar-refractivity contribution in [1.29, 1.82) is 5.41 Å². The zero-order valence-corrected chi connectivity index (χ0v) is 20.3. The van der Waals surface area contributed by atoms with Gasteiger partial charge in [-0.05, 0) is 56.9 Å². The largest absolute Gasteiger partial charge is 0.387 e. The van der Waals surface area contributed by atoms with Crippen molar-refractivity contribution in [2.24, 2.45) is 16.6 Å². The van der Waals surface area contributed by atoms with Crippen LogP contribution in [0.3, 0.4) is 0 Å². The lowest BCUT2D eigenvalue weighted by Crippen LogP contribution is -2.39. The Bertz CT molecular complexity index is 463. The fourth-order valence-corrected chi connectivity index (χ4v) is 6.24. The van der Waals surface area contributed by atoms with Gasteiger partial charge in [0.15, 0.2) is 0 Å². The number of fused-ring (bicyclic) bond motifs is 4. The highest BCUT2D eigenvalue weighted by atomic mass is 14.9. The van der Waals surface area contributed by atoms with E-state index in [1.54, 1.807) is 0 Å². The van der Waals surface area contributed by atoms with Crippen molar-refractivity contribution in [2.45, 2.75) is 142 Å². The van der Waals surface area contributed by atoms with Crippen LogP contribution in [0.15, 0.2) is 0 Å². The minimum absolute atomic E-state index is 0.0125. The number of unbranched alkanes of at least 4 members (excludes halogenated alkanes) is 6. The minimum atomic E-state index is 0.0125. The number of hydrogen-bond acceptors (Lipinski definition) is 2. The van der Waals surface area contributed by atoms with E-state index < -0.39 is 0 Å². The van der Waals surface area contributed by atoms with E-state index in [4.69, 9.17) is 11.1 Å². The third-order valence-corrected chi connectivity index (χ3v) is 8.37. The summed E-state index contributed by atoms with van der Waals surface area (Å²) >= 11 is 0. The Labute approximate surface area is 188 Å². The second-order valence-corrected chi connectivity index (χ2v) is 10.8. The first-order chi connectivity index (χ1) is 14.6. The second kappa shape index (κ2) is 14.5. The van der Waals surface area contributed by atoms with Gasteiger partial charge in [-0.1, -0.05) is 96.8 Å². The number of hydrogen-bond donors (Lipinski definition) is 3. The highest BCUT2D eigenvalue weighted by molar-refractivity contribution is 5.83. The van der Waals surface area contributed by atoms with E-state index in [1.165, 1.54) is 129 Å². The molecule has 2 fully saturated rings. The van der Waals surface area contributed by atoms with Gasteiger partial charge in [0.25, 0.3) is 0 Å². The molecular formula is C27H53N3. The van der Waals surface area contributed by atoms with E-state index in [2.05, 4.69) is 12.2 Å². The molecule has 0 aliphatic heterocycles. The smallest absolute Gasteiger partial charge is 0.0968 e. The van der Waals surface area contributed by atoms with Gasteiger partial charge in [-0.15, -0.1) is 0 Å². The summed E-state index contributed by atoms with van der Waals surface area (Å²) in [5.41, 5.74) is 6.72. The molecule has 0 aromatic carbocycles. The molecule has 2 aliphatic rings. The zero-order chi connectivity index (χ0) is 21.5. The maximum Gasteiger partial charge on any atom is 0.0968 e. The quantitative estimate of drug-likeness (QED) is 0.182. The highest BCUT2D eigenvalue weighted by Gasteiger charge is 2.36. The fraction of sp³-hybridized carbons (Fsp3) is 0.963. The molecule has 2 aliphatic carbocycles. The molecule has 0 spiro atoms. The fourth-order valence-electron chi connectivity index (χ4n) is 6.24. The van der Waals surface area contributed by atoms with Crippen LogP contribution < -0.4 is 11.1 Å². The van der Waals surface area contributed by atoms with E-state index in [-0.39, 0.29) is 5.41 Å². The van der Waals surface area contributed by atoms with Gasteiger partial charge in [-0.3, -0.25) is 5.41 Å². The molecule has 4 N–H and O–H groups in total.